The summed E-state index contributed by atoms with van der Waals surface area (Å²) in [5.74, 6) is 1.06. The molecule has 2 aliphatic rings. The third-order valence-electron chi connectivity index (χ3n) is 4.76. The smallest absolute Gasteiger partial charge is 0.294 e. The maximum atomic E-state index is 12.4. The molecule has 0 atom stereocenters. The molecule has 138 valence electrons. The van der Waals surface area contributed by atoms with E-state index in [0.717, 1.165) is 51.3 Å². The molecule has 1 aliphatic heterocycles. The number of hydrogen-bond acceptors (Lipinski definition) is 6. The van der Waals surface area contributed by atoms with Crippen LogP contribution in [0.25, 0.3) is 0 Å². The van der Waals surface area contributed by atoms with Crippen molar-refractivity contribution in [1.29, 1.82) is 0 Å². The fourth-order valence-corrected chi connectivity index (χ4v) is 3.07. The van der Waals surface area contributed by atoms with Crippen molar-refractivity contribution in [2.45, 2.75) is 18.8 Å². The minimum absolute atomic E-state index is 0.238. The second-order valence-electron chi connectivity index (χ2n) is 6.78. The summed E-state index contributed by atoms with van der Waals surface area (Å²) in [6.45, 7) is 5.57. The summed E-state index contributed by atoms with van der Waals surface area (Å²) >= 11 is 0. The van der Waals surface area contributed by atoms with Gasteiger partial charge in [-0.05, 0) is 25.0 Å². The van der Waals surface area contributed by atoms with Crippen LogP contribution in [0, 0.1) is 0 Å². The average molecular weight is 356 g/mol. The van der Waals surface area contributed by atoms with Crippen LogP contribution in [0.15, 0.2) is 34.9 Å². The van der Waals surface area contributed by atoms with Gasteiger partial charge in [0.15, 0.2) is 0 Å². The second kappa shape index (κ2) is 7.88. The highest BCUT2D eigenvalue weighted by Crippen LogP contribution is 2.39. The molecule has 0 unspecified atom stereocenters. The molecule has 4 rings (SSSR count). The lowest BCUT2D eigenvalue weighted by Gasteiger charge is -2.27. The molecule has 0 bridgehead atoms. The predicted molar refractivity (Wildman–Crippen MR) is 97.7 cm³/mol. The third-order valence-corrected chi connectivity index (χ3v) is 4.76. The van der Waals surface area contributed by atoms with Crippen LogP contribution in [0.1, 0.15) is 35.0 Å². The molecular formula is C19H24N4O3. The zero-order chi connectivity index (χ0) is 17.8. The van der Waals surface area contributed by atoms with E-state index in [0.29, 0.717) is 24.0 Å². The fourth-order valence-electron chi connectivity index (χ4n) is 3.07. The van der Waals surface area contributed by atoms with Crippen LogP contribution in [0.5, 0.6) is 5.75 Å². The van der Waals surface area contributed by atoms with Crippen LogP contribution < -0.4 is 15.4 Å². The Morgan fingerprint density at radius 1 is 1.31 bits per heavy atom. The summed E-state index contributed by atoms with van der Waals surface area (Å²) in [7, 11) is 0. The maximum absolute atomic E-state index is 12.4. The van der Waals surface area contributed by atoms with E-state index in [1.807, 2.05) is 24.3 Å². The van der Waals surface area contributed by atoms with Gasteiger partial charge in [0.2, 0.25) is 5.76 Å². The quantitative estimate of drug-likeness (QED) is 0.791. The van der Waals surface area contributed by atoms with Gasteiger partial charge in [0.25, 0.3) is 5.91 Å². The van der Waals surface area contributed by atoms with Crippen LogP contribution in [0.3, 0.4) is 0 Å². The van der Waals surface area contributed by atoms with Crippen molar-refractivity contribution in [2.75, 3.05) is 44.6 Å². The Kier molecular flexibility index (Phi) is 5.17. The number of aromatic nitrogens is 1. The third kappa shape index (κ3) is 4.23. The summed E-state index contributed by atoms with van der Waals surface area (Å²) in [4.78, 5) is 14.8. The summed E-state index contributed by atoms with van der Waals surface area (Å²) < 4.78 is 11.1. The zero-order valence-corrected chi connectivity index (χ0v) is 14.7. The molecule has 1 aromatic heterocycles. The molecule has 1 aromatic carbocycles. The van der Waals surface area contributed by atoms with Gasteiger partial charge in [-0.15, -0.1) is 0 Å². The van der Waals surface area contributed by atoms with Crippen LogP contribution in [-0.4, -0.2) is 55.3 Å². The molecule has 0 spiro atoms. The first-order chi connectivity index (χ1) is 12.8. The normalized spacial score (nSPS) is 17.8. The number of piperazine rings is 1. The number of anilines is 1. The molecule has 1 saturated carbocycles. The van der Waals surface area contributed by atoms with Gasteiger partial charge in [-0.3, -0.25) is 9.69 Å². The van der Waals surface area contributed by atoms with Crippen molar-refractivity contribution in [3.8, 4) is 5.75 Å². The summed E-state index contributed by atoms with van der Waals surface area (Å²) in [5.41, 5.74) is 1.51. The number of nitrogens with one attached hydrogen (secondary N) is 2. The lowest BCUT2D eigenvalue weighted by atomic mass is 10.2. The van der Waals surface area contributed by atoms with E-state index < -0.39 is 0 Å². The molecule has 1 aliphatic carbocycles. The topological polar surface area (TPSA) is 79.6 Å². The average Bonchev–Trinajstić information content (AvgIpc) is 3.40. The molecular weight excluding hydrogens is 332 g/mol. The van der Waals surface area contributed by atoms with Crippen molar-refractivity contribution in [2.24, 2.45) is 0 Å². The van der Waals surface area contributed by atoms with E-state index >= 15 is 0 Å². The molecule has 7 nitrogen and oxygen atoms in total. The summed E-state index contributed by atoms with van der Waals surface area (Å²) in [6, 6.07) is 9.20. The molecule has 2 fully saturated rings. The van der Waals surface area contributed by atoms with Crippen molar-refractivity contribution in [3.05, 3.63) is 41.8 Å². The number of carbonyl (C=O) groups excluding carboxylic acids is 1. The molecule has 2 aromatic rings. The molecule has 1 saturated heterocycles. The highest BCUT2D eigenvalue weighted by molar-refractivity contribution is 6.03. The largest absolute Gasteiger partial charge is 0.490 e. The molecule has 0 radical (unpaired) electrons. The van der Waals surface area contributed by atoms with Crippen LogP contribution >= 0.6 is 0 Å². The van der Waals surface area contributed by atoms with Gasteiger partial charge in [-0.2, -0.15) is 0 Å². The molecule has 2 heterocycles. The van der Waals surface area contributed by atoms with Gasteiger partial charge in [0.05, 0.1) is 11.4 Å². The number of rotatable bonds is 7. The Bertz CT molecular complexity index is 751. The number of benzene rings is 1. The van der Waals surface area contributed by atoms with Crippen LogP contribution in [-0.2, 0) is 0 Å². The van der Waals surface area contributed by atoms with Crippen molar-refractivity contribution in [1.82, 2.24) is 15.4 Å². The Balaban J connectivity index is 1.34. The van der Waals surface area contributed by atoms with Crippen LogP contribution in [0.4, 0.5) is 5.69 Å². The van der Waals surface area contributed by atoms with Crippen molar-refractivity contribution in [3.63, 3.8) is 0 Å². The van der Waals surface area contributed by atoms with E-state index in [2.05, 4.69) is 20.7 Å². The van der Waals surface area contributed by atoms with Gasteiger partial charge >= 0.3 is 0 Å². The van der Waals surface area contributed by atoms with E-state index in [1.54, 1.807) is 6.07 Å². The van der Waals surface area contributed by atoms with Gasteiger partial charge < -0.3 is 19.9 Å². The monoisotopic (exact) mass is 356 g/mol. The minimum Gasteiger partial charge on any atom is -0.490 e. The van der Waals surface area contributed by atoms with Gasteiger partial charge in [-0.1, -0.05) is 17.3 Å². The van der Waals surface area contributed by atoms with E-state index in [9.17, 15) is 4.79 Å². The zero-order valence-electron chi connectivity index (χ0n) is 14.7. The molecule has 7 heteroatoms. The SMILES string of the molecule is O=C(Nc1ccccc1OCCN1CCNCC1)c1cc(C2CC2)no1. The van der Waals surface area contributed by atoms with E-state index in [1.165, 1.54) is 0 Å². The molecule has 2 N–H and O–H groups in total. The van der Waals surface area contributed by atoms with Gasteiger partial charge in [0.1, 0.15) is 12.4 Å². The Hall–Kier alpha value is -2.38. The fraction of sp³-hybridized carbons (Fsp3) is 0.474. The number of ether oxygens (including phenoxy) is 1. The number of amides is 1. The van der Waals surface area contributed by atoms with Gasteiger partial charge in [0, 0.05) is 44.7 Å². The highest BCUT2D eigenvalue weighted by Gasteiger charge is 2.28. The number of para-hydroxylation sites is 2. The standard InChI is InChI=1S/C19H24N4O3/c24-19(18-13-16(22-26-18)14-5-6-14)21-15-3-1-2-4-17(15)25-12-11-23-9-7-20-8-10-23/h1-4,13-14,20H,5-12H2,(H,21,24). The number of nitrogens with zero attached hydrogens (tertiary/aromatic N) is 2. The maximum Gasteiger partial charge on any atom is 0.294 e. The predicted octanol–water partition coefficient (Wildman–Crippen LogP) is 2.09. The van der Waals surface area contributed by atoms with E-state index in [-0.39, 0.29) is 11.7 Å². The molecule has 26 heavy (non-hydrogen) atoms. The Labute approximate surface area is 152 Å². The Morgan fingerprint density at radius 3 is 2.92 bits per heavy atom. The van der Waals surface area contributed by atoms with Crippen molar-refractivity contribution >= 4 is 11.6 Å². The Morgan fingerprint density at radius 2 is 2.12 bits per heavy atom. The van der Waals surface area contributed by atoms with Gasteiger partial charge in [-0.25, -0.2) is 0 Å². The second-order valence-corrected chi connectivity index (χ2v) is 6.78. The van der Waals surface area contributed by atoms with E-state index in [4.69, 9.17) is 9.26 Å². The first kappa shape index (κ1) is 17.1. The highest BCUT2D eigenvalue weighted by atomic mass is 16.5. The van der Waals surface area contributed by atoms with Crippen LogP contribution in [0.2, 0.25) is 0 Å². The first-order valence-electron chi connectivity index (χ1n) is 9.22. The van der Waals surface area contributed by atoms with Crippen molar-refractivity contribution < 1.29 is 14.1 Å². The first-order valence-corrected chi connectivity index (χ1v) is 9.22. The number of hydrogen-bond donors (Lipinski definition) is 2. The lowest BCUT2D eigenvalue weighted by Crippen LogP contribution is -2.44. The lowest BCUT2D eigenvalue weighted by molar-refractivity contribution is 0.0987. The number of carbonyl (C=O) groups is 1. The molecule has 1 amide bonds. The summed E-state index contributed by atoms with van der Waals surface area (Å²) in [6.07, 6.45) is 2.24. The minimum atomic E-state index is -0.303. The summed E-state index contributed by atoms with van der Waals surface area (Å²) in [5, 5.41) is 10.2.